The van der Waals surface area contributed by atoms with Crippen LogP contribution in [0.1, 0.15) is 17.2 Å². The molecule has 0 radical (unpaired) electrons. The number of nitrogens with two attached hydrogens (primary N) is 1. The molecule has 0 bridgehead atoms. The van der Waals surface area contributed by atoms with Gasteiger partial charge in [0, 0.05) is 23.5 Å². The lowest BCUT2D eigenvalue weighted by Crippen LogP contribution is -2.29. The first-order valence-corrected chi connectivity index (χ1v) is 7.05. The molecular weight excluding hydrogens is 256 g/mol. The van der Waals surface area contributed by atoms with Crippen LogP contribution in [0.25, 0.3) is 10.1 Å². The Morgan fingerprint density at radius 1 is 1.42 bits per heavy atom. The summed E-state index contributed by atoms with van der Waals surface area (Å²) in [6, 6.07) is 8.55. The van der Waals surface area contributed by atoms with Crippen LogP contribution in [0.5, 0.6) is 0 Å². The van der Waals surface area contributed by atoms with Gasteiger partial charge in [0.25, 0.3) is 0 Å². The molecule has 4 nitrogen and oxygen atoms in total. The van der Waals surface area contributed by atoms with E-state index in [0.717, 1.165) is 12.0 Å². The van der Waals surface area contributed by atoms with Crippen molar-refractivity contribution < 1.29 is 0 Å². The average molecular weight is 272 g/mol. The maximum atomic E-state index is 5.69. The number of hydrogen-bond donors (Lipinski definition) is 2. The SMILES string of the molecule is Cn1cc(C(Cc2csc3ccccc23)NN)cn1. The van der Waals surface area contributed by atoms with Crippen LogP contribution in [0.4, 0.5) is 0 Å². The number of nitrogens with zero attached hydrogens (tertiary/aromatic N) is 2. The van der Waals surface area contributed by atoms with E-state index in [-0.39, 0.29) is 6.04 Å². The van der Waals surface area contributed by atoms with E-state index in [2.05, 4.69) is 40.2 Å². The Labute approximate surface area is 115 Å². The standard InChI is InChI=1S/C14H16N4S/c1-18-8-11(7-16-18)13(17-15)6-10-9-19-14-5-3-2-4-12(10)14/h2-5,7-9,13,17H,6,15H2,1H3. The Morgan fingerprint density at radius 3 is 3.00 bits per heavy atom. The smallest absolute Gasteiger partial charge is 0.0538 e. The van der Waals surface area contributed by atoms with E-state index >= 15 is 0 Å². The van der Waals surface area contributed by atoms with Crippen LogP contribution in [0.15, 0.2) is 42.0 Å². The number of aromatic nitrogens is 2. The van der Waals surface area contributed by atoms with Gasteiger partial charge in [-0.1, -0.05) is 18.2 Å². The zero-order chi connectivity index (χ0) is 13.2. The van der Waals surface area contributed by atoms with E-state index in [1.807, 2.05) is 19.4 Å². The molecule has 1 aromatic carbocycles. The Balaban J connectivity index is 1.90. The summed E-state index contributed by atoms with van der Waals surface area (Å²) in [5.41, 5.74) is 5.32. The van der Waals surface area contributed by atoms with E-state index in [4.69, 9.17) is 5.84 Å². The van der Waals surface area contributed by atoms with Crippen molar-refractivity contribution in [2.75, 3.05) is 0 Å². The largest absolute Gasteiger partial charge is 0.275 e. The van der Waals surface area contributed by atoms with Gasteiger partial charge in [-0.2, -0.15) is 5.10 Å². The molecule has 2 heterocycles. The zero-order valence-corrected chi connectivity index (χ0v) is 11.5. The summed E-state index contributed by atoms with van der Waals surface area (Å²) in [5.74, 6) is 5.69. The van der Waals surface area contributed by atoms with Crippen LogP contribution in [-0.4, -0.2) is 9.78 Å². The Hall–Kier alpha value is -1.69. The highest BCUT2D eigenvalue weighted by molar-refractivity contribution is 7.17. The third-order valence-electron chi connectivity index (χ3n) is 3.31. The van der Waals surface area contributed by atoms with Crippen molar-refractivity contribution >= 4 is 21.4 Å². The Morgan fingerprint density at radius 2 is 2.26 bits per heavy atom. The van der Waals surface area contributed by atoms with E-state index in [1.54, 1.807) is 16.0 Å². The Bertz CT molecular complexity index is 685. The molecule has 0 saturated carbocycles. The fourth-order valence-corrected chi connectivity index (χ4v) is 3.28. The lowest BCUT2D eigenvalue weighted by Gasteiger charge is -2.13. The van der Waals surface area contributed by atoms with Crippen molar-refractivity contribution in [3.63, 3.8) is 0 Å². The highest BCUT2D eigenvalue weighted by atomic mass is 32.1. The minimum Gasteiger partial charge on any atom is -0.275 e. The molecule has 0 saturated heterocycles. The molecule has 0 aliphatic rings. The summed E-state index contributed by atoms with van der Waals surface area (Å²) < 4.78 is 3.12. The summed E-state index contributed by atoms with van der Waals surface area (Å²) in [4.78, 5) is 0. The van der Waals surface area contributed by atoms with Gasteiger partial charge >= 0.3 is 0 Å². The minimum absolute atomic E-state index is 0.0895. The second kappa shape index (κ2) is 5.13. The van der Waals surface area contributed by atoms with Crippen molar-refractivity contribution in [3.8, 4) is 0 Å². The minimum atomic E-state index is 0.0895. The lowest BCUT2D eigenvalue weighted by atomic mass is 10.0. The fourth-order valence-electron chi connectivity index (χ4n) is 2.30. The second-order valence-electron chi connectivity index (χ2n) is 4.63. The maximum Gasteiger partial charge on any atom is 0.0538 e. The van der Waals surface area contributed by atoms with Crippen molar-refractivity contribution in [1.82, 2.24) is 15.2 Å². The van der Waals surface area contributed by atoms with Crippen LogP contribution < -0.4 is 11.3 Å². The van der Waals surface area contributed by atoms with Gasteiger partial charge < -0.3 is 0 Å². The van der Waals surface area contributed by atoms with Crippen LogP contribution in [-0.2, 0) is 13.5 Å². The monoisotopic (exact) mass is 272 g/mol. The summed E-state index contributed by atoms with van der Waals surface area (Å²) in [6.45, 7) is 0. The van der Waals surface area contributed by atoms with Crippen LogP contribution >= 0.6 is 11.3 Å². The van der Waals surface area contributed by atoms with Gasteiger partial charge in [-0.25, -0.2) is 0 Å². The summed E-state index contributed by atoms with van der Waals surface area (Å²) in [7, 11) is 1.91. The number of nitrogens with one attached hydrogen (secondary N) is 1. The van der Waals surface area contributed by atoms with Gasteiger partial charge in [0.05, 0.1) is 12.2 Å². The number of hydrogen-bond acceptors (Lipinski definition) is 4. The zero-order valence-electron chi connectivity index (χ0n) is 10.7. The molecule has 3 N–H and O–H groups in total. The van der Waals surface area contributed by atoms with Crippen molar-refractivity contribution in [3.05, 3.63) is 53.2 Å². The number of benzene rings is 1. The van der Waals surface area contributed by atoms with Crippen LogP contribution in [0.3, 0.4) is 0 Å². The third kappa shape index (κ3) is 2.40. The normalized spacial score (nSPS) is 12.9. The fraction of sp³-hybridized carbons (Fsp3) is 0.214. The molecule has 1 unspecified atom stereocenters. The molecule has 0 amide bonds. The quantitative estimate of drug-likeness (QED) is 0.566. The van der Waals surface area contributed by atoms with Gasteiger partial charge in [0.2, 0.25) is 0 Å². The molecule has 0 aliphatic heterocycles. The number of thiophene rings is 1. The molecule has 0 aliphatic carbocycles. The average Bonchev–Trinajstić information content (AvgIpc) is 3.03. The highest BCUT2D eigenvalue weighted by Gasteiger charge is 2.14. The third-order valence-corrected chi connectivity index (χ3v) is 4.33. The van der Waals surface area contributed by atoms with Gasteiger partial charge in [-0.05, 0) is 28.8 Å². The molecule has 3 aromatic rings. The van der Waals surface area contributed by atoms with Crippen molar-refractivity contribution in [2.45, 2.75) is 12.5 Å². The number of aryl methyl sites for hydroxylation is 1. The molecule has 98 valence electrons. The molecule has 0 fully saturated rings. The molecule has 19 heavy (non-hydrogen) atoms. The number of fused-ring (bicyclic) bond motifs is 1. The van der Waals surface area contributed by atoms with Gasteiger partial charge in [0.15, 0.2) is 0 Å². The molecule has 2 aromatic heterocycles. The summed E-state index contributed by atoms with van der Waals surface area (Å²) >= 11 is 1.78. The predicted octanol–water partition coefficient (Wildman–Crippen LogP) is 2.38. The topological polar surface area (TPSA) is 55.9 Å². The lowest BCUT2D eigenvalue weighted by molar-refractivity contribution is 0.553. The molecule has 5 heteroatoms. The van der Waals surface area contributed by atoms with E-state index in [0.29, 0.717) is 0 Å². The highest BCUT2D eigenvalue weighted by Crippen LogP contribution is 2.29. The second-order valence-corrected chi connectivity index (χ2v) is 5.54. The first-order valence-electron chi connectivity index (χ1n) is 6.17. The van der Waals surface area contributed by atoms with E-state index in [9.17, 15) is 0 Å². The number of hydrazine groups is 1. The number of rotatable bonds is 4. The summed E-state index contributed by atoms with van der Waals surface area (Å²) in [6.07, 6.45) is 4.73. The van der Waals surface area contributed by atoms with Crippen LogP contribution in [0.2, 0.25) is 0 Å². The molecule has 3 rings (SSSR count). The Kier molecular flexibility index (Phi) is 3.33. The molecule has 0 spiro atoms. The summed E-state index contributed by atoms with van der Waals surface area (Å²) in [5, 5.41) is 7.73. The van der Waals surface area contributed by atoms with Gasteiger partial charge in [-0.3, -0.25) is 16.0 Å². The first-order chi connectivity index (χ1) is 9.28. The van der Waals surface area contributed by atoms with E-state index in [1.165, 1.54) is 15.6 Å². The van der Waals surface area contributed by atoms with Crippen molar-refractivity contribution in [2.24, 2.45) is 12.9 Å². The molecular formula is C14H16N4S. The van der Waals surface area contributed by atoms with Crippen LogP contribution in [0, 0.1) is 0 Å². The first kappa shape index (κ1) is 12.3. The van der Waals surface area contributed by atoms with Gasteiger partial charge in [0.1, 0.15) is 0 Å². The van der Waals surface area contributed by atoms with Crippen molar-refractivity contribution in [1.29, 1.82) is 0 Å². The van der Waals surface area contributed by atoms with Gasteiger partial charge in [-0.15, -0.1) is 11.3 Å². The molecule has 1 atom stereocenters. The predicted molar refractivity (Wildman–Crippen MR) is 78.8 cm³/mol. The van der Waals surface area contributed by atoms with E-state index < -0.39 is 0 Å². The maximum absolute atomic E-state index is 5.69.